The number of aromatic hydroxyl groups is 1. The molecule has 1 aromatic rings. The first-order valence-corrected chi connectivity index (χ1v) is 5.39. The largest absolute Gasteiger partial charge is 0.507 e. The van der Waals surface area contributed by atoms with Gasteiger partial charge in [0.2, 0.25) is 0 Å². The Kier molecular flexibility index (Phi) is 4.58. The van der Waals surface area contributed by atoms with Gasteiger partial charge < -0.3 is 15.3 Å². The normalized spacial score (nSPS) is 12.4. The van der Waals surface area contributed by atoms with E-state index in [9.17, 15) is 15.0 Å². The first kappa shape index (κ1) is 12.8. The molecule has 1 atom stereocenters. The number of carboxylic acid groups (broad SMARTS) is 1. The number of aryl methyl sites for hydroxylation is 1. The quantitative estimate of drug-likeness (QED) is 0.689. The second kappa shape index (κ2) is 5.72. The Hall–Kier alpha value is -1.26. The van der Waals surface area contributed by atoms with Crippen LogP contribution in [0.1, 0.15) is 23.7 Å². The second-order valence-corrected chi connectivity index (χ2v) is 3.77. The number of aliphatic hydroxyl groups excluding tert-OH is 1. The van der Waals surface area contributed by atoms with Gasteiger partial charge in [-0.2, -0.15) is 0 Å². The van der Waals surface area contributed by atoms with Gasteiger partial charge in [0, 0.05) is 11.4 Å². The van der Waals surface area contributed by atoms with Crippen LogP contribution in [0.15, 0.2) is 18.2 Å². The number of carboxylic acids is 1. The van der Waals surface area contributed by atoms with E-state index in [0.29, 0.717) is 24.3 Å². The third-order valence-electron chi connectivity index (χ3n) is 2.26. The molecule has 0 heterocycles. The van der Waals surface area contributed by atoms with Gasteiger partial charge in [-0.3, -0.25) is 0 Å². The zero-order valence-corrected chi connectivity index (χ0v) is 9.31. The van der Waals surface area contributed by atoms with E-state index in [-0.39, 0.29) is 11.3 Å². The molecule has 5 heteroatoms. The van der Waals surface area contributed by atoms with Crippen molar-refractivity contribution in [2.24, 2.45) is 0 Å². The third kappa shape index (κ3) is 2.87. The molecule has 3 N–H and O–H groups in total. The van der Waals surface area contributed by atoms with Gasteiger partial charge in [-0.15, -0.1) is 11.6 Å². The summed E-state index contributed by atoms with van der Waals surface area (Å²) in [5.41, 5.74) is 0.609. The molecule has 0 saturated carbocycles. The Bertz CT molecular complexity index is 378. The number of phenolic OH excluding ortho intramolecular Hbond substituents is 1. The van der Waals surface area contributed by atoms with Gasteiger partial charge in [0.1, 0.15) is 5.75 Å². The number of rotatable bonds is 5. The number of halogens is 1. The van der Waals surface area contributed by atoms with Crippen molar-refractivity contribution >= 4 is 17.6 Å². The molecule has 1 aromatic carbocycles. The summed E-state index contributed by atoms with van der Waals surface area (Å²) in [5, 5.41) is 27.8. The lowest BCUT2D eigenvalue weighted by Crippen LogP contribution is -2.11. The summed E-state index contributed by atoms with van der Waals surface area (Å²) in [6.07, 6.45) is -0.465. The van der Waals surface area contributed by atoms with Gasteiger partial charge >= 0.3 is 5.97 Å². The zero-order valence-electron chi connectivity index (χ0n) is 8.56. The number of benzene rings is 1. The molecule has 0 aliphatic carbocycles. The van der Waals surface area contributed by atoms with E-state index in [1.54, 1.807) is 12.1 Å². The SMILES string of the molecule is O=C(O)C(O)c1cccc(CCCCl)c1O. The zero-order chi connectivity index (χ0) is 12.1. The average Bonchev–Trinajstić information content (AvgIpc) is 2.26. The molecule has 88 valence electrons. The van der Waals surface area contributed by atoms with Crippen molar-refractivity contribution in [3.8, 4) is 5.75 Å². The minimum Gasteiger partial charge on any atom is -0.507 e. The van der Waals surface area contributed by atoms with Crippen LogP contribution in [0.4, 0.5) is 0 Å². The van der Waals surface area contributed by atoms with Crippen molar-refractivity contribution < 1.29 is 20.1 Å². The summed E-state index contributed by atoms with van der Waals surface area (Å²) in [6, 6.07) is 4.67. The number of aliphatic hydroxyl groups is 1. The fourth-order valence-electron chi connectivity index (χ4n) is 1.42. The highest BCUT2D eigenvalue weighted by Crippen LogP contribution is 2.29. The molecule has 0 aliphatic rings. The Labute approximate surface area is 98.1 Å². The molecule has 0 bridgehead atoms. The van der Waals surface area contributed by atoms with E-state index in [1.165, 1.54) is 6.07 Å². The van der Waals surface area contributed by atoms with E-state index in [4.69, 9.17) is 16.7 Å². The monoisotopic (exact) mass is 244 g/mol. The molecular weight excluding hydrogens is 232 g/mol. The van der Waals surface area contributed by atoms with Gasteiger partial charge in [0.15, 0.2) is 6.10 Å². The van der Waals surface area contributed by atoms with Crippen LogP contribution >= 0.6 is 11.6 Å². The van der Waals surface area contributed by atoms with E-state index in [0.717, 1.165) is 0 Å². The number of aliphatic carboxylic acids is 1. The molecule has 0 saturated heterocycles. The average molecular weight is 245 g/mol. The maximum absolute atomic E-state index is 10.6. The molecule has 1 unspecified atom stereocenters. The predicted octanol–water partition coefficient (Wildman–Crippen LogP) is 1.68. The molecule has 0 amide bonds. The highest BCUT2D eigenvalue weighted by atomic mass is 35.5. The summed E-state index contributed by atoms with van der Waals surface area (Å²) in [5.74, 6) is -1.09. The minimum atomic E-state index is -1.70. The van der Waals surface area contributed by atoms with Crippen LogP contribution in [0.3, 0.4) is 0 Å². The van der Waals surface area contributed by atoms with E-state index < -0.39 is 12.1 Å². The number of phenols is 1. The van der Waals surface area contributed by atoms with Crippen molar-refractivity contribution in [3.63, 3.8) is 0 Å². The lowest BCUT2D eigenvalue weighted by Gasteiger charge is -2.11. The first-order chi connectivity index (χ1) is 7.57. The lowest BCUT2D eigenvalue weighted by molar-refractivity contribution is -0.147. The van der Waals surface area contributed by atoms with E-state index in [2.05, 4.69) is 0 Å². The fraction of sp³-hybridized carbons (Fsp3) is 0.364. The molecule has 0 spiro atoms. The van der Waals surface area contributed by atoms with E-state index in [1.807, 2.05) is 0 Å². The van der Waals surface area contributed by atoms with E-state index >= 15 is 0 Å². The maximum atomic E-state index is 10.6. The molecule has 0 aliphatic heterocycles. The summed E-state index contributed by atoms with van der Waals surface area (Å²) in [6.45, 7) is 0. The second-order valence-electron chi connectivity index (χ2n) is 3.39. The van der Waals surface area contributed by atoms with Crippen molar-refractivity contribution in [2.75, 3.05) is 5.88 Å². The summed E-state index contributed by atoms with van der Waals surface area (Å²) >= 11 is 5.53. The van der Waals surface area contributed by atoms with Crippen molar-refractivity contribution in [2.45, 2.75) is 18.9 Å². The van der Waals surface area contributed by atoms with Gasteiger partial charge in [-0.1, -0.05) is 18.2 Å². The molecule has 0 aromatic heterocycles. The number of hydrogen-bond acceptors (Lipinski definition) is 3. The van der Waals surface area contributed by atoms with Crippen LogP contribution in [-0.2, 0) is 11.2 Å². The van der Waals surface area contributed by atoms with Gasteiger partial charge in [-0.05, 0) is 18.4 Å². The first-order valence-electron chi connectivity index (χ1n) is 4.85. The number of hydrogen-bond donors (Lipinski definition) is 3. The molecule has 0 radical (unpaired) electrons. The molecule has 1 rings (SSSR count). The Balaban J connectivity index is 2.98. The topological polar surface area (TPSA) is 77.8 Å². The molecule has 16 heavy (non-hydrogen) atoms. The summed E-state index contributed by atoms with van der Waals surface area (Å²) in [7, 11) is 0. The highest BCUT2D eigenvalue weighted by molar-refractivity contribution is 6.17. The number of alkyl halides is 1. The Morgan fingerprint density at radius 1 is 1.44 bits per heavy atom. The van der Waals surface area contributed by atoms with Gasteiger partial charge in [0.05, 0.1) is 0 Å². The smallest absolute Gasteiger partial charge is 0.337 e. The maximum Gasteiger partial charge on any atom is 0.337 e. The van der Waals surface area contributed by atoms with Crippen LogP contribution in [0.2, 0.25) is 0 Å². The molecule has 4 nitrogen and oxygen atoms in total. The lowest BCUT2D eigenvalue weighted by atomic mass is 10.0. The van der Waals surface area contributed by atoms with Crippen molar-refractivity contribution in [1.29, 1.82) is 0 Å². The molecule has 0 fully saturated rings. The number of para-hydroxylation sites is 1. The summed E-state index contributed by atoms with van der Waals surface area (Å²) < 4.78 is 0. The van der Waals surface area contributed by atoms with Crippen LogP contribution in [0.25, 0.3) is 0 Å². The third-order valence-corrected chi connectivity index (χ3v) is 2.53. The minimum absolute atomic E-state index is 0.0135. The Morgan fingerprint density at radius 3 is 2.69 bits per heavy atom. The van der Waals surface area contributed by atoms with Crippen LogP contribution < -0.4 is 0 Å². The molecular formula is C11H13ClO4. The number of carbonyl (C=O) groups is 1. The predicted molar refractivity (Wildman–Crippen MR) is 59.7 cm³/mol. The van der Waals surface area contributed by atoms with Crippen LogP contribution in [0, 0.1) is 0 Å². The standard InChI is InChI=1S/C11H13ClO4/c12-6-2-4-7-3-1-5-8(9(7)13)10(14)11(15)16/h1,3,5,10,13-14H,2,4,6H2,(H,15,16). The summed E-state index contributed by atoms with van der Waals surface area (Å²) in [4.78, 5) is 10.6. The van der Waals surface area contributed by atoms with Crippen molar-refractivity contribution in [1.82, 2.24) is 0 Å². The van der Waals surface area contributed by atoms with Gasteiger partial charge in [-0.25, -0.2) is 4.79 Å². The van der Waals surface area contributed by atoms with Gasteiger partial charge in [0.25, 0.3) is 0 Å². The Morgan fingerprint density at radius 2 is 2.12 bits per heavy atom. The highest BCUT2D eigenvalue weighted by Gasteiger charge is 2.20. The van der Waals surface area contributed by atoms with Crippen LogP contribution in [-0.4, -0.2) is 27.2 Å². The van der Waals surface area contributed by atoms with Crippen LogP contribution in [0.5, 0.6) is 5.75 Å². The van der Waals surface area contributed by atoms with Crippen molar-refractivity contribution in [3.05, 3.63) is 29.3 Å². The fourth-order valence-corrected chi connectivity index (χ4v) is 1.56.